The van der Waals surface area contributed by atoms with Gasteiger partial charge in [0.15, 0.2) is 0 Å². The summed E-state index contributed by atoms with van der Waals surface area (Å²) in [6.45, 7) is 1.90. The van der Waals surface area contributed by atoms with E-state index in [1.165, 1.54) is 6.33 Å². The van der Waals surface area contributed by atoms with Crippen LogP contribution in [-0.2, 0) is 0 Å². The summed E-state index contributed by atoms with van der Waals surface area (Å²) in [5.41, 5.74) is 2.96. The number of amides is 1. The number of methoxy groups -OCH3 is 1. The zero-order valence-electron chi connectivity index (χ0n) is 12.7. The monoisotopic (exact) mass is 309 g/mol. The molecule has 23 heavy (non-hydrogen) atoms. The molecular weight excluding hydrogens is 294 g/mol. The van der Waals surface area contributed by atoms with Crippen LogP contribution < -0.4 is 10.1 Å². The number of benzene rings is 2. The van der Waals surface area contributed by atoms with Crippen molar-refractivity contribution in [1.82, 2.24) is 20.2 Å². The number of nitrogens with zero attached hydrogens (tertiary/aromatic N) is 4. The summed E-state index contributed by atoms with van der Waals surface area (Å²) in [5, 5.41) is 13.9. The van der Waals surface area contributed by atoms with Crippen molar-refractivity contribution in [2.45, 2.75) is 6.92 Å². The van der Waals surface area contributed by atoms with Crippen LogP contribution in [-0.4, -0.2) is 33.2 Å². The summed E-state index contributed by atoms with van der Waals surface area (Å²) in [5.74, 6) is 0.498. The molecule has 0 aliphatic heterocycles. The van der Waals surface area contributed by atoms with Gasteiger partial charge in [0.05, 0.1) is 12.8 Å². The Hall–Kier alpha value is -3.22. The number of ether oxygens (including phenoxy) is 1. The number of tetrazole rings is 1. The first kappa shape index (κ1) is 14.7. The molecule has 0 atom stereocenters. The minimum atomic E-state index is -0.190. The van der Waals surface area contributed by atoms with Crippen molar-refractivity contribution in [1.29, 1.82) is 0 Å². The third kappa shape index (κ3) is 3.18. The largest absolute Gasteiger partial charge is 0.497 e. The van der Waals surface area contributed by atoms with Gasteiger partial charge in [-0.25, -0.2) is 4.68 Å². The van der Waals surface area contributed by atoms with Crippen LogP contribution in [0.2, 0.25) is 0 Å². The quantitative estimate of drug-likeness (QED) is 0.799. The fourth-order valence-corrected chi connectivity index (χ4v) is 2.23. The smallest absolute Gasteiger partial charge is 0.255 e. The van der Waals surface area contributed by atoms with E-state index >= 15 is 0 Å². The number of nitrogens with one attached hydrogen (secondary N) is 1. The van der Waals surface area contributed by atoms with Gasteiger partial charge >= 0.3 is 0 Å². The van der Waals surface area contributed by atoms with Crippen molar-refractivity contribution in [2.75, 3.05) is 12.4 Å². The highest BCUT2D eigenvalue weighted by atomic mass is 16.5. The van der Waals surface area contributed by atoms with Crippen LogP contribution in [0.25, 0.3) is 5.69 Å². The van der Waals surface area contributed by atoms with Crippen LogP contribution >= 0.6 is 0 Å². The highest BCUT2D eigenvalue weighted by Crippen LogP contribution is 2.19. The summed E-state index contributed by atoms with van der Waals surface area (Å²) >= 11 is 0. The fourth-order valence-electron chi connectivity index (χ4n) is 2.23. The Morgan fingerprint density at radius 2 is 2.09 bits per heavy atom. The van der Waals surface area contributed by atoms with Gasteiger partial charge in [0.2, 0.25) is 0 Å². The zero-order valence-corrected chi connectivity index (χ0v) is 12.7. The molecule has 0 spiro atoms. The molecule has 0 radical (unpaired) electrons. The van der Waals surface area contributed by atoms with Crippen molar-refractivity contribution in [3.63, 3.8) is 0 Å². The fraction of sp³-hybridized carbons (Fsp3) is 0.125. The second-order valence-corrected chi connectivity index (χ2v) is 4.94. The summed E-state index contributed by atoms with van der Waals surface area (Å²) in [6, 6.07) is 12.6. The van der Waals surface area contributed by atoms with Crippen LogP contribution in [0, 0.1) is 6.92 Å². The molecule has 0 unspecified atom stereocenters. The number of aromatic nitrogens is 4. The lowest BCUT2D eigenvalue weighted by Gasteiger charge is -2.09. The maximum absolute atomic E-state index is 12.4. The Morgan fingerprint density at radius 1 is 1.22 bits per heavy atom. The van der Waals surface area contributed by atoms with E-state index in [-0.39, 0.29) is 5.91 Å². The van der Waals surface area contributed by atoms with Crippen molar-refractivity contribution in [2.24, 2.45) is 0 Å². The predicted octanol–water partition coefficient (Wildman–Crippen LogP) is 2.23. The lowest BCUT2D eigenvalue weighted by molar-refractivity contribution is 0.102. The highest BCUT2D eigenvalue weighted by Gasteiger charge is 2.10. The molecule has 0 saturated carbocycles. The molecule has 7 nitrogen and oxygen atoms in total. The van der Waals surface area contributed by atoms with Gasteiger partial charge in [-0.3, -0.25) is 4.79 Å². The van der Waals surface area contributed by atoms with Crippen molar-refractivity contribution in [3.05, 3.63) is 59.9 Å². The average Bonchev–Trinajstić information content (AvgIpc) is 3.09. The van der Waals surface area contributed by atoms with Gasteiger partial charge in [0.25, 0.3) is 5.91 Å². The minimum Gasteiger partial charge on any atom is -0.497 e. The normalized spacial score (nSPS) is 10.3. The Morgan fingerprint density at radius 3 is 2.78 bits per heavy atom. The SMILES string of the molecule is COc1cccc(NC(=O)c2ccc(-n3cnnn3)c(C)c2)c1. The van der Waals surface area contributed by atoms with Crippen LogP contribution in [0.1, 0.15) is 15.9 Å². The predicted molar refractivity (Wildman–Crippen MR) is 84.8 cm³/mol. The number of carbonyl (C=O) groups is 1. The van der Waals surface area contributed by atoms with E-state index < -0.39 is 0 Å². The molecule has 2 aromatic carbocycles. The summed E-state index contributed by atoms with van der Waals surface area (Å²) in [4.78, 5) is 12.4. The van der Waals surface area contributed by atoms with Crippen LogP contribution in [0.3, 0.4) is 0 Å². The molecule has 7 heteroatoms. The lowest BCUT2D eigenvalue weighted by Crippen LogP contribution is -2.12. The molecule has 1 N–H and O–H groups in total. The maximum Gasteiger partial charge on any atom is 0.255 e. The van der Waals surface area contributed by atoms with Gasteiger partial charge in [-0.05, 0) is 53.2 Å². The second kappa shape index (κ2) is 6.27. The summed E-state index contributed by atoms with van der Waals surface area (Å²) in [7, 11) is 1.59. The van der Waals surface area contributed by atoms with Gasteiger partial charge in [-0.2, -0.15) is 0 Å². The molecule has 1 amide bonds. The third-order valence-corrected chi connectivity index (χ3v) is 3.38. The van der Waals surface area contributed by atoms with E-state index in [1.54, 1.807) is 30.0 Å². The Bertz CT molecular complexity index is 830. The number of hydrogen-bond donors (Lipinski definition) is 1. The summed E-state index contributed by atoms with van der Waals surface area (Å²) < 4.78 is 6.70. The van der Waals surface area contributed by atoms with Crippen LogP contribution in [0.5, 0.6) is 5.75 Å². The van der Waals surface area contributed by atoms with E-state index in [0.29, 0.717) is 17.0 Å². The topological polar surface area (TPSA) is 81.9 Å². The molecule has 0 aliphatic rings. The zero-order chi connectivity index (χ0) is 16.2. The molecular formula is C16H15N5O2. The van der Waals surface area contributed by atoms with Gasteiger partial charge in [0.1, 0.15) is 12.1 Å². The van der Waals surface area contributed by atoms with Crippen molar-refractivity contribution >= 4 is 11.6 Å². The first-order valence-electron chi connectivity index (χ1n) is 6.97. The minimum absolute atomic E-state index is 0.190. The number of hydrogen-bond acceptors (Lipinski definition) is 5. The third-order valence-electron chi connectivity index (χ3n) is 3.38. The molecule has 3 rings (SSSR count). The second-order valence-electron chi connectivity index (χ2n) is 4.94. The van der Waals surface area contributed by atoms with Crippen molar-refractivity contribution in [3.8, 4) is 11.4 Å². The van der Waals surface area contributed by atoms with Crippen LogP contribution in [0.4, 0.5) is 5.69 Å². The Kier molecular flexibility index (Phi) is 4.01. The molecule has 0 fully saturated rings. The number of anilines is 1. The molecule has 116 valence electrons. The van der Waals surface area contributed by atoms with Gasteiger partial charge in [0, 0.05) is 17.3 Å². The number of aryl methyl sites for hydroxylation is 1. The highest BCUT2D eigenvalue weighted by molar-refractivity contribution is 6.04. The molecule has 0 bridgehead atoms. The molecule has 3 aromatic rings. The van der Waals surface area contributed by atoms with E-state index in [1.807, 2.05) is 31.2 Å². The molecule has 1 heterocycles. The lowest BCUT2D eigenvalue weighted by atomic mass is 10.1. The summed E-state index contributed by atoms with van der Waals surface area (Å²) in [6.07, 6.45) is 1.51. The van der Waals surface area contributed by atoms with E-state index in [9.17, 15) is 4.79 Å². The molecule has 0 aliphatic carbocycles. The maximum atomic E-state index is 12.4. The Balaban J connectivity index is 1.81. The Labute approximate surface area is 132 Å². The van der Waals surface area contributed by atoms with Crippen LogP contribution in [0.15, 0.2) is 48.8 Å². The molecule has 1 aromatic heterocycles. The first-order chi connectivity index (χ1) is 11.2. The van der Waals surface area contributed by atoms with Gasteiger partial charge < -0.3 is 10.1 Å². The number of rotatable bonds is 4. The first-order valence-corrected chi connectivity index (χ1v) is 6.97. The van der Waals surface area contributed by atoms with Gasteiger partial charge in [-0.1, -0.05) is 6.07 Å². The van der Waals surface area contributed by atoms with E-state index in [4.69, 9.17) is 4.74 Å². The average molecular weight is 309 g/mol. The number of carbonyl (C=O) groups excluding carboxylic acids is 1. The van der Waals surface area contributed by atoms with E-state index in [2.05, 4.69) is 20.8 Å². The van der Waals surface area contributed by atoms with E-state index in [0.717, 1.165) is 11.3 Å². The standard InChI is InChI=1S/C16H15N5O2/c1-11-8-12(6-7-15(11)21-10-17-19-20-21)16(22)18-13-4-3-5-14(9-13)23-2/h3-10H,1-2H3,(H,18,22). The van der Waals surface area contributed by atoms with Gasteiger partial charge in [-0.15, -0.1) is 5.10 Å². The van der Waals surface area contributed by atoms with Crippen molar-refractivity contribution < 1.29 is 9.53 Å². The molecule has 0 saturated heterocycles.